The molecule has 2 aliphatic rings. The zero-order chi connectivity index (χ0) is 16.6. The zero-order valence-corrected chi connectivity index (χ0v) is 14.3. The van der Waals surface area contributed by atoms with Crippen LogP contribution in [0, 0.1) is 0 Å². The van der Waals surface area contributed by atoms with Crippen molar-refractivity contribution in [3.05, 3.63) is 41.2 Å². The highest BCUT2D eigenvalue weighted by Crippen LogP contribution is 2.27. The number of nitrogens with one attached hydrogen (secondary N) is 1. The molecule has 0 saturated carbocycles. The first-order valence-electron chi connectivity index (χ1n) is 8.42. The van der Waals surface area contributed by atoms with Crippen LogP contribution in [-0.4, -0.2) is 31.3 Å². The minimum atomic E-state index is -3.50. The first-order chi connectivity index (χ1) is 11.6. The molecule has 1 aliphatic carbocycles. The fourth-order valence-corrected chi connectivity index (χ4v) is 4.52. The number of hydrogen-bond acceptors (Lipinski definition) is 4. The van der Waals surface area contributed by atoms with Crippen molar-refractivity contribution in [2.45, 2.75) is 43.5 Å². The Labute approximate surface area is 141 Å². The molecule has 4 rings (SSSR count). The maximum absolute atomic E-state index is 12.5. The molecule has 0 bridgehead atoms. The molecule has 0 atom stereocenters. The second kappa shape index (κ2) is 6.22. The lowest BCUT2D eigenvalue weighted by molar-refractivity contribution is 0.356. The van der Waals surface area contributed by atoms with E-state index in [4.69, 9.17) is 4.74 Å². The van der Waals surface area contributed by atoms with Crippen molar-refractivity contribution in [3.8, 4) is 5.75 Å². The summed E-state index contributed by atoms with van der Waals surface area (Å²) in [4.78, 5) is 0.300. The summed E-state index contributed by atoms with van der Waals surface area (Å²) in [6.07, 6.45) is 7.20. The van der Waals surface area contributed by atoms with Crippen LogP contribution in [0.4, 0.5) is 0 Å². The van der Waals surface area contributed by atoms with Gasteiger partial charge >= 0.3 is 0 Å². The van der Waals surface area contributed by atoms with Gasteiger partial charge in [-0.1, -0.05) is 0 Å². The number of sulfonamides is 1. The summed E-state index contributed by atoms with van der Waals surface area (Å²) in [5, 5.41) is 4.40. The van der Waals surface area contributed by atoms with Crippen molar-refractivity contribution >= 4 is 10.0 Å². The van der Waals surface area contributed by atoms with Gasteiger partial charge in [-0.05, 0) is 55.0 Å². The van der Waals surface area contributed by atoms with Crippen LogP contribution in [0.15, 0.2) is 29.3 Å². The Balaban J connectivity index is 1.42. The molecule has 128 valence electrons. The Hall–Kier alpha value is -1.86. The van der Waals surface area contributed by atoms with E-state index in [0.717, 1.165) is 30.6 Å². The van der Waals surface area contributed by atoms with Gasteiger partial charge in [0.1, 0.15) is 5.75 Å². The highest BCUT2D eigenvalue weighted by molar-refractivity contribution is 7.89. The maximum Gasteiger partial charge on any atom is 0.240 e. The van der Waals surface area contributed by atoms with Crippen LogP contribution in [0.3, 0.4) is 0 Å². The molecule has 24 heavy (non-hydrogen) atoms. The number of aromatic nitrogens is 2. The average molecular weight is 347 g/mol. The van der Waals surface area contributed by atoms with Gasteiger partial charge in [-0.15, -0.1) is 0 Å². The predicted molar refractivity (Wildman–Crippen MR) is 89.7 cm³/mol. The largest absolute Gasteiger partial charge is 0.493 e. The number of aryl methyl sites for hydroxylation is 1. The Kier molecular flexibility index (Phi) is 4.05. The van der Waals surface area contributed by atoms with Crippen LogP contribution >= 0.6 is 0 Å². The summed E-state index contributed by atoms with van der Waals surface area (Å²) >= 11 is 0. The molecule has 6 nitrogen and oxygen atoms in total. The van der Waals surface area contributed by atoms with Crippen molar-refractivity contribution < 1.29 is 13.2 Å². The normalized spacial score (nSPS) is 16.5. The third-order valence-corrected chi connectivity index (χ3v) is 6.19. The van der Waals surface area contributed by atoms with E-state index in [1.165, 1.54) is 24.1 Å². The van der Waals surface area contributed by atoms with Gasteiger partial charge in [0.2, 0.25) is 10.0 Å². The zero-order valence-electron chi connectivity index (χ0n) is 13.5. The molecule has 1 N–H and O–H groups in total. The highest BCUT2D eigenvalue weighted by Gasteiger charge is 2.20. The second-order valence-corrected chi connectivity index (χ2v) is 8.08. The fraction of sp³-hybridized carbons (Fsp3) is 0.471. The minimum Gasteiger partial charge on any atom is -0.493 e. The third-order valence-electron chi connectivity index (χ3n) is 4.73. The second-order valence-electron chi connectivity index (χ2n) is 6.31. The van der Waals surface area contributed by atoms with Crippen LogP contribution in [0.2, 0.25) is 0 Å². The van der Waals surface area contributed by atoms with Crippen LogP contribution in [0.1, 0.15) is 29.7 Å². The summed E-state index contributed by atoms with van der Waals surface area (Å²) in [5.41, 5.74) is 3.52. The van der Waals surface area contributed by atoms with Gasteiger partial charge in [0.05, 0.1) is 24.2 Å². The van der Waals surface area contributed by atoms with E-state index in [1.54, 1.807) is 18.2 Å². The average Bonchev–Trinajstić information content (AvgIpc) is 3.21. The summed E-state index contributed by atoms with van der Waals surface area (Å²) in [7, 11) is -3.50. The van der Waals surface area contributed by atoms with Gasteiger partial charge < -0.3 is 4.74 Å². The van der Waals surface area contributed by atoms with Crippen molar-refractivity contribution in [1.82, 2.24) is 14.5 Å². The summed E-state index contributed by atoms with van der Waals surface area (Å²) in [6.45, 7) is 1.52. The molecule has 1 aliphatic heterocycles. The van der Waals surface area contributed by atoms with Crippen molar-refractivity contribution in [2.75, 3.05) is 13.2 Å². The minimum absolute atomic E-state index is 0.300. The van der Waals surface area contributed by atoms with Crippen molar-refractivity contribution in [1.29, 1.82) is 0 Å². The molecule has 0 fully saturated rings. The quantitative estimate of drug-likeness (QED) is 0.893. The monoisotopic (exact) mass is 347 g/mol. The molecule has 0 radical (unpaired) electrons. The van der Waals surface area contributed by atoms with E-state index in [1.807, 2.05) is 10.9 Å². The van der Waals surface area contributed by atoms with Gasteiger partial charge in [-0.3, -0.25) is 4.68 Å². The molecule has 2 heterocycles. The van der Waals surface area contributed by atoms with Crippen molar-refractivity contribution in [3.63, 3.8) is 0 Å². The van der Waals surface area contributed by atoms with E-state index in [2.05, 4.69) is 9.82 Å². The van der Waals surface area contributed by atoms with Gasteiger partial charge in [0, 0.05) is 18.7 Å². The summed E-state index contributed by atoms with van der Waals surface area (Å²) in [6, 6.07) is 5.05. The lowest BCUT2D eigenvalue weighted by Crippen LogP contribution is -2.28. The molecule has 1 aromatic heterocycles. The standard InChI is InChI=1S/C17H21N3O3S/c21-24(22,15-5-6-17-13(11-15)7-10-23-17)19-8-9-20-16-4-2-1-3-14(16)12-18-20/h5-6,11-12,19H,1-4,7-10H2. The molecule has 0 saturated heterocycles. The Morgan fingerprint density at radius 2 is 2.04 bits per heavy atom. The third kappa shape index (κ3) is 2.93. The number of fused-ring (bicyclic) bond motifs is 2. The predicted octanol–water partition coefficient (Wildman–Crippen LogP) is 1.68. The number of nitrogens with zero attached hydrogens (tertiary/aromatic N) is 2. The maximum atomic E-state index is 12.5. The fourth-order valence-electron chi connectivity index (χ4n) is 3.45. The van der Waals surface area contributed by atoms with Crippen LogP contribution in [0.25, 0.3) is 0 Å². The van der Waals surface area contributed by atoms with E-state index in [0.29, 0.717) is 24.6 Å². The molecule has 2 aromatic rings. The Morgan fingerprint density at radius 1 is 1.17 bits per heavy atom. The molecule has 1 aromatic carbocycles. The molecule has 0 spiro atoms. The Bertz CT molecular complexity index is 858. The van der Waals surface area contributed by atoms with Gasteiger partial charge in [-0.2, -0.15) is 5.10 Å². The van der Waals surface area contributed by atoms with Crippen LogP contribution in [0.5, 0.6) is 5.75 Å². The number of ether oxygens (including phenoxy) is 1. The van der Waals surface area contributed by atoms with E-state index in [9.17, 15) is 8.42 Å². The van der Waals surface area contributed by atoms with Gasteiger partial charge in [0.25, 0.3) is 0 Å². The number of rotatable bonds is 5. The summed E-state index contributed by atoms with van der Waals surface area (Å²) in [5.74, 6) is 0.789. The first kappa shape index (κ1) is 15.7. The first-order valence-corrected chi connectivity index (χ1v) is 9.91. The SMILES string of the molecule is O=S(=O)(NCCn1ncc2c1CCCC2)c1ccc2c(c1)CCO2. The number of benzene rings is 1. The molecule has 7 heteroatoms. The van der Waals surface area contributed by atoms with Gasteiger partial charge in [0.15, 0.2) is 0 Å². The van der Waals surface area contributed by atoms with E-state index < -0.39 is 10.0 Å². The molecule has 0 amide bonds. The van der Waals surface area contributed by atoms with Crippen molar-refractivity contribution in [2.24, 2.45) is 0 Å². The lowest BCUT2D eigenvalue weighted by Gasteiger charge is -2.14. The topological polar surface area (TPSA) is 73.2 Å². The molecular formula is C17H21N3O3S. The Morgan fingerprint density at radius 3 is 2.96 bits per heavy atom. The lowest BCUT2D eigenvalue weighted by atomic mass is 9.98. The summed E-state index contributed by atoms with van der Waals surface area (Å²) < 4.78 is 35.0. The van der Waals surface area contributed by atoms with E-state index >= 15 is 0 Å². The smallest absolute Gasteiger partial charge is 0.240 e. The van der Waals surface area contributed by atoms with Gasteiger partial charge in [-0.25, -0.2) is 13.1 Å². The van der Waals surface area contributed by atoms with Crippen LogP contribution < -0.4 is 9.46 Å². The molecular weight excluding hydrogens is 326 g/mol. The molecule has 0 unspecified atom stereocenters. The van der Waals surface area contributed by atoms with E-state index in [-0.39, 0.29) is 0 Å². The number of hydrogen-bond donors (Lipinski definition) is 1. The van der Waals surface area contributed by atoms with Crippen LogP contribution in [-0.2, 0) is 35.8 Å². The highest BCUT2D eigenvalue weighted by atomic mass is 32.2.